The van der Waals surface area contributed by atoms with Crippen LogP contribution < -0.4 is 20.9 Å². The number of carboxylic acid groups (broad SMARTS) is 2. The molecule has 2 aromatic heterocycles. The zero-order valence-electron chi connectivity index (χ0n) is 27.4. The van der Waals surface area contributed by atoms with Crippen LogP contribution in [0.25, 0.3) is 44.8 Å². The number of carboxylic acids is 2. The first kappa shape index (κ1) is 34.2. The van der Waals surface area contributed by atoms with Crippen LogP contribution in [-0.2, 0) is 13.1 Å². The second kappa shape index (κ2) is 13.3. The smallest absolute Gasteiger partial charge is 0.336 e. The van der Waals surface area contributed by atoms with Crippen molar-refractivity contribution in [2.75, 3.05) is 14.2 Å². The summed E-state index contributed by atoms with van der Waals surface area (Å²) in [4.78, 5) is 59.0. The third kappa shape index (κ3) is 5.61. The van der Waals surface area contributed by atoms with Crippen LogP contribution in [0.2, 0.25) is 0 Å². The Kier molecular flexibility index (Phi) is 8.73. The molecule has 52 heavy (non-hydrogen) atoms. The van der Waals surface area contributed by atoms with E-state index in [1.807, 2.05) is 12.1 Å². The molecule has 0 saturated heterocycles. The molecule has 0 radical (unpaired) electrons. The Morgan fingerprint density at radius 3 is 1.35 bits per heavy atom. The van der Waals surface area contributed by atoms with Crippen molar-refractivity contribution in [2.45, 2.75) is 13.1 Å². The molecule has 0 saturated carbocycles. The number of hydrogen-bond acceptors (Lipinski definition) is 10. The molecule has 0 atom stereocenters. The molecule has 6 N–H and O–H groups in total. The summed E-state index contributed by atoms with van der Waals surface area (Å²) in [6.45, 7) is 0.0575. The molecule has 16 nitrogen and oxygen atoms in total. The number of rotatable bonds is 11. The highest BCUT2D eigenvalue weighted by Gasteiger charge is 2.27. The Balaban J connectivity index is 1.64. The van der Waals surface area contributed by atoms with Crippen molar-refractivity contribution in [3.05, 3.63) is 94.0 Å². The summed E-state index contributed by atoms with van der Waals surface area (Å²) in [5, 5.41) is 39.2. The Morgan fingerprint density at radius 2 is 1.04 bits per heavy atom. The zero-order chi connectivity index (χ0) is 37.4. The first-order chi connectivity index (χ1) is 24.9. The van der Waals surface area contributed by atoms with E-state index in [4.69, 9.17) is 30.9 Å². The molecule has 16 heteroatoms. The van der Waals surface area contributed by atoms with Gasteiger partial charge in [0.1, 0.15) is 22.7 Å². The first-order valence-corrected chi connectivity index (χ1v) is 15.2. The molecule has 0 aliphatic heterocycles. The molecule has 4 aromatic carbocycles. The zero-order valence-corrected chi connectivity index (χ0v) is 27.4. The van der Waals surface area contributed by atoms with Gasteiger partial charge in [-0.3, -0.25) is 9.59 Å². The molecule has 0 aliphatic carbocycles. The van der Waals surface area contributed by atoms with Gasteiger partial charge in [0, 0.05) is 24.2 Å². The Bertz CT molecular complexity index is 2430. The number of amides is 2. The molecule has 0 aliphatic rings. The number of aromatic carboxylic acids is 2. The number of carbonyl (C=O) groups excluding carboxylic acids is 2. The number of nitrogens with two attached hydrogens (primary N) is 2. The Hall–Kier alpha value is -7.72. The van der Waals surface area contributed by atoms with Crippen LogP contribution in [-0.4, -0.2) is 67.3 Å². The lowest BCUT2D eigenvalue weighted by Gasteiger charge is -2.15. The third-order valence-corrected chi connectivity index (χ3v) is 8.48. The van der Waals surface area contributed by atoms with Crippen molar-refractivity contribution in [1.82, 2.24) is 19.1 Å². The number of hydrogen-bond donors (Lipinski definition) is 4. The van der Waals surface area contributed by atoms with Gasteiger partial charge in [-0.1, -0.05) is 0 Å². The van der Waals surface area contributed by atoms with Gasteiger partial charge in [0.05, 0.1) is 70.8 Å². The molecule has 0 fully saturated rings. The van der Waals surface area contributed by atoms with E-state index in [-0.39, 0.29) is 91.8 Å². The molecular weight excluding hydrogens is 672 g/mol. The van der Waals surface area contributed by atoms with Gasteiger partial charge in [-0.15, -0.1) is 0 Å². The van der Waals surface area contributed by atoms with Gasteiger partial charge in [0.25, 0.3) is 11.8 Å². The van der Waals surface area contributed by atoms with E-state index in [1.54, 1.807) is 21.3 Å². The maximum absolute atomic E-state index is 12.5. The molecule has 2 heterocycles. The highest BCUT2D eigenvalue weighted by Crippen LogP contribution is 2.37. The molecule has 0 spiro atoms. The van der Waals surface area contributed by atoms with Crippen LogP contribution in [0.4, 0.5) is 0 Å². The summed E-state index contributed by atoms with van der Waals surface area (Å²) in [6.07, 6.45) is 0. The van der Waals surface area contributed by atoms with Crippen LogP contribution in [0.15, 0.2) is 60.7 Å². The second-order valence-corrected chi connectivity index (χ2v) is 11.3. The SMILES string of the molecule is COc1c(C(N)=O)ccc2c1nc(-c1ccc(C#N)cc1C(=O)O)n2CCn1c(-c2ccc(C#N)cc2C(=O)O)nc2c(OC)c(C(N)=O)ccc21. The third-order valence-electron chi connectivity index (χ3n) is 8.48. The Labute approximate surface area is 293 Å². The van der Waals surface area contributed by atoms with E-state index in [9.17, 15) is 39.9 Å². The standard InChI is InChI=1S/C36H26N8O8/c1-51-29-21(31(39)45)7-9-25-27(29)41-33(19-5-3-17(15-37)13-23(19)35(47)48)43(25)11-12-44-26-10-8-22(32(40)46)30(52-2)28(26)42-34(44)20-6-4-18(16-38)14-24(20)36(49)50/h3-10,13-14H,11-12H2,1-2H3,(H2,39,45)(H2,40,46)(H,47,48)(H,49,50). The summed E-state index contributed by atoms with van der Waals surface area (Å²) in [5.74, 6) is -3.82. The number of methoxy groups -OCH3 is 2. The van der Waals surface area contributed by atoms with Gasteiger partial charge in [-0.25, -0.2) is 19.6 Å². The predicted octanol–water partition coefficient (Wildman–Crippen LogP) is 3.77. The van der Waals surface area contributed by atoms with E-state index in [1.165, 1.54) is 62.8 Å². The van der Waals surface area contributed by atoms with Crippen molar-refractivity contribution >= 4 is 45.8 Å². The number of carbonyl (C=O) groups is 4. The molecular formula is C36H26N8O8. The first-order valence-electron chi connectivity index (χ1n) is 15.2. The molecule has 6 aromatic rings. The normalized spacial score (nSPS) is 10.8. The van der Waals surface area contributed by atoms with Crippen molar-refractivity contribution in [3.63, 3.8) is 0 Å². The van der Waals surface area contributed by atoms with E-state index in [2.05, 4.69) is 0 Å². The van der Waals surface area contributed by atoms with E-state index in [0.29, 0.717) is 11.0 Å². The van der Waals surface area contributed by atoms with Crippen LogP contribution in [0.5, 0.6) is 11.5 Å². The second-order valence-electron chi connectivity index (χ2n) is 11.3. The minimum Gasteiger partial charge on any atom is -0.494 e. The van der Waals surface area contributed by atoms with E-state index >= 15 is 0 Å². The lowest BCUT2D eigenvalue weighted by Crippen LogP contribution is -2.14. The van der Waals surface area contributed by atoms with Crippen molar-refractivity contribution < 1.29 is 38.9 Å². The molecule has 6 rings (SSSR count). The maximum atomic E-state index is 12.5. The largest absolute Gasteiger partial charge is 0.494 e. The molecule has 0 bridgehead atoms. The van der Waals surface area contributed by atoms with Gasteiger partial charge >= 0.3 is 11.9 Å². The average molecular weight is 699 g/mol. The monoisotopic (exact) mass is 698 g/mol. The number of fused-ring (bicyclic) bond motifs is 2. The quantitative estimate of drug-likeness (QED) is 0.151. The van der Waals surface area contributed by atoms with Crippen molar-refractivity contribution in [1.29, 1.82) is 10.5 Å². The summed E-state index contributed by atoms with van der Waals surface area (Å²) in [6, 6.07) is 18.1. The number of ether oxygens (including phenoxy) is 2. The van der Waals surface area contributed by atoms with Crippen molar-refractivity contribution in [2.24, 2.45) is 11.5 Å². The number of benzene rings is 4. The van der Waals surface area contributed by atoms with Gasteiger partial charge in [0.2, 0.25) is 0 Å². The van der Waals surface area contributed by atoms with Gasteiger partial charge in [-0.05, 0) is 60.7 Å². The number of aryl methyl sites for hydroxylation is 2. The summed E-state index contributed by atoms with van der Waals surface area (Å²) < 4.78 is 14.5. The molecule has 0 unspecified atom stereocenters. The lowest BCUT2D eigenvalue weighted by atomic mass is 10.0. The summed E-state index contributed by atoms with van der Waals surface area (Å²) >= 11 is 0. The number of aromatic nitrogens is 4. The minimum atomic E-state index is -1.32. The van der Waals surface area contributed by atoms with Crippen LogP contribution >= 0.6 is 0 Å². The average Bonchev–Trinajstić information content (AvgIpc) is 3.70. The number of nitriles is 2. The summed E-state index contributed by atoms with van der Waals surface area (Å²) in [5.41, 5.74) is 12.6. The number of nitrogens with zero attached hydrogens (tertiary/aromatic N) is 6. The van der Waals surface area contributed by atoms with Crippen molar-refractivity contribution in [3.8, 4) is 46.4 Å². The maximum Gasteiger partial charge on any atom is 0.336 e. The molecule has 2 amide bonds. The van der Waals surface area contributed by atoms with Gasteiger partial charge in [0.15, 0.2) is 11.5 Å². The molecule has 258 valence electrons. The lowest BCUT2D eigenvalue weighted by molar-refractivity contribution is 0.0686. The number of primary amides is 2. The topological polar surface area (TPSA) is 262 Å². The van der Waals surface area contributed by atoms with Crippen LogP contribution in [0.3, 0.4) is 0 Å². The predicted molar refractivity (Wildman–Crippen MR) is 184 cm³/mol. The fourth-order valence-corrected chi connectivity index (χ4v) is 6.17. The fraction of sp³-hybridized carbons (Fsp3) is 0.111. The number of imidazole rings is 2. The van der Waals surface area contributed by atoms with Crippen LogP contribution in [0.1, 0.15) is 52.6 Å². The van der Waals surface area contributed by atoms with E-state index < -0.39 is 23.8 Å². The van der Waals surface area contributed by atoms with Crippen LogP contribution in [0, 0.1) is 22.7 Å². The highest BCUT2D eigenvalue weighted by molar-refractivity contribution is 6.04. The highest BCUT2D eigenvalue weighted by atomic mass is 16.5. The summed E-state index contributed by atoms with van der Waals surface area (Å²) in [7, 11) is 2.67. The van der Waals surface area contributed by atoms with Gasteiger partial charge in [-0.2, -0.15) is 10.5 Å². The minimum absolute atomic E-state index is 0.0288. The van der Waals surface area contributed by atoms with E-state index in [0.717, 1.165) is 0 Å². The fourth-order valence-electron chi connectivity index (χ4n) is 6.17. The van der Waals surface area contributed by atoms with Gasteiger partial charge < -0.3 is 40.3 Å². The Morgan fingerprint density at radius 1 is 0.654 bits per heavy atom.